The van der Waals surface area contributed by atoms with E-state index in [0.717, 1.165) is 0 Å². The SMILES string of the molecule is CCN(C(=O)c1ccc(-c2ccccc2Cl)o1)C1CCS(=O)(=O)C1. The maximum atomic E-state index is 12.7. The monoisotopic (exact) mass is 367 g/mol. The van der Waals surface area contributed by atoms with E-state index in [1.807, 2.05) is 25.1 Å². The van der Waals surface area contributed by atoms with Gasteiger partial charge in [0, 0.05) is 18.2 Å². The van der Waals surface area contributed by atoms with Crippen LogP contribution in [0.25, 0.3) is 11.3 Å². The number of hydrogen-bond donors (Lipinski definition) is 0. The van der Waals surface area contributed by atoms with E-state index in [2.05, 4.69) is 0 Å². The van der Waals surface area contributed by atoms with E-state index in [1.165, 1.54) is 0 Å². The highest BCUT2D eigenvalue weighted by molar-refractivity contribution is 7.91. The molecule has 0 bridgehead atoms. The van der Waals surface area contributed by atoms with Crippen LogP contribution in [0.4, 0.5) is 0 Å². The highest BCUT2D eigenvalue weighted by Crippen LogP contribution is 2.30. The molecule has 128 valence electrons. The standard InChI is InChI=1S/C17H18ClNO4S/c1-2-19(12-9-10-24(21,22)11-12)17(20)16-8-7-15(23-16)13-5-3-4-6-14(13)18/h3-8,12H,2,9-11H2,1H3. The van der Waals surface area contributed by atoms with Crippen molar-refractivity contribution < 1.29 is 17.6 Å². The first-order valence-corrected chi connectivity index (χ1v) is 9.97. The fourth-order valence-electron chi connectivity index (χ4n) is 2.99. The predicted molar refractivity (Wildman–Crippen MR) is 92.9 cm³/mol. The number of halogens is 1. The Hall–Kier alpha value is -1.79. The fourth-order valence-corrected chi connectivity index (χ4v) is 4.95. The second kappa shape index (κ2) is 6.61. The molecule has 0 N–H and O–H groups in total. The van der Waals surface area contributed by atoms with Crippen molar-refractivity contribution in [1.29, 1.82) is 0 Å². The molecule has 3 rings (SSSR count). The average molecular weight is 368 g/mol. The van der Waals surface area contributed by atoms with Crippen LogP contribution in [0.2, 0.25) is 5.02 Å². The van der Waals surface area contributed by atoms with E-state index in [-0.39, 0.29) is 29.2 Å². The quantitative estimate of drug-likeness (QED) is 0.831. The summed E-state index contributed by atoms with van der Waals surface area (Å²) in [6.07, 6.45) is 0.472. The fraction of sp³-hybridized carbons (Fsp3) is 0.353. The molecule has 0 aliphatic carbocycles. The number of rotatable bonds is 4. The molecule has 1 amide bonds. The van der Waals surface area contributed by atoms with Crippen LogP contribution in [-0.2, 0) is 9.84 Å². The molecule has 5 nitrogen and oxygen atoms in total. The van der Waals surface area contributed by atoms with E-state index in [0.29, 0.717) is 29.3 Å². The zero-order chi connectivity index (χ0) is 17.3. The van der Waals surface area contributed by atoms with Gasteiger partial charge in [-0.05, 0) is 37.6 Å². The molecular formula is C17H18ClNO4S. The lowest BCUT2D eigenvalue weighted by Crippen LogP contribution is -2.40. The van der Waals surface area contributed by atoms with E-state index in [4.69, 9.17) is 16.0 Å². The summed E-state index contributed by atoms with van der Waals surface area (Å²) in [4.78, 5) is 14.3. The molecule has 0 radical (unpaired) electrons. The van der Waals surface area contributed by atoms with Crippen molar-refractivity contribution >= 4 is 27.3 Å². The van der Waals surface area contributed by atoms with Gasteiger partial charge in [0.2, 0.25) is 0 Å². The first-order valence-electron chi connectivity index (χ1n) is 7.77. The Morgan fingerprint density at radius 3 is 2.67 bits per heavy atom. The zero-order valence-electron chi connectivity index (χ0n) is 13.2. The summed E-state index contributed by atoms with van der Waals surface area (Å²) in [5.74, 6) is 0.558. The maximum absolute atomic E-state index is 12.7. The number of furan rings is 1. The summed E-state index contributed by atoms with van der Waals surface area (Å²) in [7, 11) is -3.05. The van der Waals surface area contributed by atoms with Crippen LogP contribution in [0.15, 0.2) is 40.8 Å². The van der Waals surface area contributed by atoms with Gasteiger partial charge in [-0.15, -0.1) is 0 Å². The minimum atomic E-state index is -3.05. The van der Waals surface area contributed by atoms with Crippen molar-refractivity contribution in [3.05, 3.63) is 47.2 Å². The highest BCUT2D eigenvalue weighted by atomic mass is 35.5. The van der Waals surface area contributed by atoms with Gasteiger partial charge in [-0.25, -0.2) is 8.42 Å². The molecule has 0 spiro atoms. The molecule has 1 aliphatic rings. The van der Waals surface area contributed by atoms with Crippen molar-refractivity contribution in [1.82, 2.24) is 4.90 Å². The number of nitrogens with zero attached hydrogens (tertiary/aromatic N) is 1. The van der Waals surface area contributed by atoms with Crippen LogP contribution in [-0.4, -0.2) is 43.3 Å². The van der Waals surface area contributed by atoms with E-state index in [9.17, 15) is 13.2 Å². The van der Waals surface area contributed by atoms with Crippen LogP contribution in [0.3, 0.4) is 0 Å². The number of hydrogen-bond acceptors (Lipinski definition) is 4. The Balaban J connectivity index is 1.84. The van der Waals surface area contributed by atoms with Crippen LogP contribution in [0.1, 0.15) is 23.9 Å². The number of amides is 1. The summed E-state index contributed by atoms with van der Waals surface area (Å²) >= 11 is 6.15. The van der Waals surface area contributed by atoms with E-state index >= 15 is 0 Å². The first kappa shape index (κ1) is 17.0. The van der Waals surface area contributed by atoms with Crippen molar-refractivity contribution in [2.75, 3.05) is 18.1 Å². The molecular weight excluding hydrogens is 350 g/mol. The van der Waals surface area contributed by atoms with Gasteiger partial charge < -0.3 is 9.32 Å². The topological polar surface area (TPSA) is 67.6 Å². The third-order valence-electron chi connectivity index (χ3n) is 4.21. The lowest BCUT2D eigenvalue weighted by Gasteiger charge is -2.25. The van der Waals surface area contributed by atoms with Crippen LogP contribution < -0.4 is 0 Å². The largest absolute Gasteiger partial charge is 0.451 e. The van der Waals surface area contributed by atoms with Crippen molar-refractivity contribution in [2.24, 2.45) is 0 Å². The number of carbonyl (C=O) groups excluding carboxylic acids is 1. The minimum Gasteiger partial charge on any atom is -0.451 e. The van der Waals surface area contributed by atoms with Gasteiger partial charge in [0.25, 0.3) is 5.91 Å². The van der Waals surface area contributed by atoms with Gasteiger partial charge in [-0.3, -0.25) is 4.79 Å². The lowest BCUT2D eigenvalue weighted by molar-refractivity contribution is 0.0676. The van der Waals surface area contributed by atoms with E-state index in [1.54, 1.807) is 23.1 Å². The number of sulfone groups is 1. The summed E-state index contributed by atoms with van der Waals surface area (Å²) in [5, 5.41) is 0.542. The van der Waals surface area contributed by atoms with Gasteiger partial charge in [0.1, 0.15) is 5.76 Å². The van der Waals surface area contributed by atoms with Crippen LogP contribution >= 0.6 is 11.6 Å². The molecule has 1 aromatic heterocycles. The third kappa shape index (κ3) is 3.35. The summed E-state index contributed by atoms with van der Waals surface area (Å²) in [5.41, 5.74) is 0.713. The molecule has 1 aromatic carbocycles. The Kier molecular flexibility index (Phi) is 4.69. The van der Waals surface area contributed by atoms with Gasteiger partial charge in [-0.2, -0.15) is 0 Å². The van der Waals surface area contributed by atoms with Gasteiger partial charge in [-0.1, -0.05) is 23.7 Å². The first-order chi connectivity index (χ1) is 11.4. The molecule has 2 aromatic rings. The van der Waals surface area contributed by atoms with E-state index < -0.39 is 9.84 Å². The molecule has 1 aliphatic heterocycles. The molecule has 24 heavy (non-hydrogen) atoms. The molecule has 7 heteroatoms. The second-order valence-electron chi connectivity index (χ2n) is 5.79. The average Bonchev–Trinajstić information content (AvgIpc) is 3.15. The summed E-state index contributed by atoms with van der Waals surface area (Å²) < 4.78 is 29.0. The molecule has 1 atom stereocenters. The highest BCUT2D eigenvalue weighted by Gasteiger charge is 2.35. The van der Waals surface area contributed by atoms with Crippen molar-refractivity contribution in [2.45, 2.75) is 19.4 Å². The van der Waals surface area contributed by atoms with Crippen molar-refractivity contribution in [3.63, 3.8) is 0 Å². The lowest BCUT2D eigenvalue weighted by atomic mass is 10.2. The van der Waals surface area contributed by atoms with Gasteiger partial charge in [0.05, 0.1) is 16.5 Å². The molecule has 1 saturated heterocycles. The van der Waals surface area contributed by atoms with Gasteiger partial charge >= 0.3 is 0 Å². The predicted octanol–water partition coefficient (Wildman–Crippen LogP) is 3.25. The second-order valence-corrected chi connectivity index (χ2v) is 8.43. The Morgan fingerprint density at radius 2 is 2.04 bits per heavy atom. The summed E-state index contributed by atoms with van der Waals surface area (Å²) in [6, 6.07) is 10.2. The van der Waals surface area contributed by atoms with Gasteiger partial charge in [0.15, 0.2) is 15.6 Å². The smallest absolute Gasteiger partial charge is 0.289 e. The van der Waals surface area contributed by atoms with Crippen LogP contribution in [0.5, 0.6) is 0 Å². The normalized spacial score (nSPS) is 19.3. The van der Waals surface area contributed by atoms with Crippen molar-refractivity contribution in [3.8, 4) is 11.3 Å². The molecule has 1 fully saturated rings. The van der Waals surface area contributed by atoms with Crippen LogP contribution in [0, 0.1) is 0 Å². The minimum absolute atomic E-state index is 0.0185. The number of benzene rings is 1. The molecule has 2 heterocycles. The Morgan fingerprint density at radius 1 is 1.29 bits per heavy atom. The molecule has 0 saturated carbocycles. The Labute approximate surface area is 146 Å². The third-order valence-corrected chi connectivity index (χ3v) is 6.29. The Bertz CT molecular complexity index is 859. The number of carbonyl (C=O) groups is 1. The zero-order valence-corrected chi connectivity index (χ0v) is 14.8. The molecule has 1 unspecified atom stereocenters. The summed E-state index contributed by atoms with van der Waals surface area (Å²) in [6.45, 7) is 2.27. The maximum Gasteiger partial charge on any atom is 0.289 e.